The molecule has 0 aliphatic heterocycles. The van der Waals surface area contributed by atoms with Gasteiger partial charge in [0, 0.05) is 11.6 Å². The molecule has 0 radical (unpaired) electrons. The predicted octanol–water partition coefficient (Wildman–Crippen LogP) is 5.13. The summed E-state index contributed by atoms with van der Waals surface area (Å²) in [6.07, 6.45) is -2.85. The van der Waals surface area contributed by atoms with Gasteiger partial charge in [0.15, 0.2) is 5.65 Å². The van der Waals surface area contributed by atoms with Gasteiger partial charge in [-0.15, -0.1) is 0 Å². The largest absolute Gasteiger partial charge is 0.417 e. The van der Waals surface area contributed by atoms with E-state index in [1.165, 1.54) is 11.6 Å². The highest BCUT2D eigenvalue weighted by molar-refractivity contribution is 5.85. The number of benzene rings is 1. The smallest absolute Gasteiger partial charge is 0.348 e. The molecule has 31 heavy (non-hydrogen) atoms. The summed E-state index contributed by atoms with van der Waals surface area (Å²) in [4.78, 5) is 17.2. The Hall–Kier alpha value is -2.90. The predicted molar refractivity (Wildman–Crippen MR) is 112 cm³/mol. The Morgan fingerprint density at radius 2 is 1.94 bits per heavy atom. The van der Waals surface area contributed by atoms with Crippen LogP contribution in [0.1, 0.15) is 65.4 Å². The first-order chi connectivity index (χ1) is 14.5. The molecule has 1 aliphatic rings. The number of amides is 1. The zero-order valence-electron chi connectivity index (χ0n) is 18.0. The fourth-order valence-electron chi connectivity index (χ4n) is 4.11. The minimum Gasteiger partial charge on any atom is -0.348 e. The summed E-state index contributed by atoms with van der Waals surface area (Å²) < 4.78 is 42.4. The van der Waals surface area contributed by atoms with E-state index < -0.39 is 11.7 Å². The second-order valence-electron chi connectivity index (χ2n) is 8.46. The summed E-state index contributed by atoms with van der Waals surface area (Å²) in [7, 11) is 0. The highest BCUT2D eigenvalue weighted by Crippen LogP contribution is 2.43. The Morgan fingerprint density at radius 1 is 1.23 bits per heavy atom. The van der Waals surface area contributed by atoms with Gasteiger partial charge in [-0.2, -0.15) is 18.3 Å². The minimum atomic E-state index is -4.51. The third-order valence-corrected chi connectivity index (χ3v) is 5.76. The Kier molecular flexibility index (Phi) is 5.27. The zero-order valence-corrected chi connectivity index (χ0v) is 18.0. The van der Waals surface area contributed by atoms with Crippen LogP contribution in [0.25, 0.3) is 11.0 Å². The number of halogens is 3. The van der Waals surface area contributed by atoms with Gasteiger partial charge in [-0.3, -0.25) is 4.79 Å². The molecule has 1 N–H and O–H groups in total. The van der Waals surface area contributed by atoms with E-state index in [0.717, 1.165) is 35.6 Å². The molecule has 1 atom stereocenters. The van der Waals surface area contributed by atoms with Gasteiger partial charge in [0.2, 0.25) is 5.91 Å². The molecule has 164 valence electrons. The van der Waals surface area contributed by atoms with Gasteiger partial charge >= 0.3 is 6.18 Å². The summed E-state index contributed by atoms with van der Waals surface area (Å²) in [5.74, 6) is -0.281. The second-order valence-corrected chi connectivity index (χ2v) is 8.46. The second kappa shape index (κ2) is 7.66. The molecular weight excluding hydrogens is 405 g/mol. The molecule has 3 aromatic rings. The standard InChI is InChI=1S/C23H25F3N4O/c1-12-5-8-17(13(2)9-12)14(3)27-20(31)11-30-22-21(15(4)29-30)18(23(24,25)26)10-19(28-22)16-6-7-16/h5,8-10,14,16H,6-7,11H2,1-4H3,(H,27,31). The highest BCUT2D eigenvalue weighted by Gasteiger charge is 2.37. The van der Waals surface area contributed by atoms with Gasteiger partial charge < -0.3 is 5.32 Å². The molecule has 1 fully saturated rings. The van der Waals surface area contributed by atoms with Crippen LogP contribution in [-0.2, 0) is 17.5 Å². The fraction of sp³-hybridized carbons (Fsp3) is 0.435. The Morgan fingerprint density at radius 3 is 2.55 bits per heavy atom. The number of fused-ring (bicyclic) bond motifs is 1. The van der Waals surface area contributed by atoms with Crippen molar-refractivity contribution in [3.63, 3.8) is 0 Å². The SMILES string of the molecule is Cc1ccc(C(C)NC(=O)Cn2nc(C)c3c(C(F)(F)F)cc(C4CC4)nc32)c(C)c1. The number of pyridine rings is 1. The van der Waals surface area contributed by atoms with E-state index in [1.54, 1.807) is 0 Å². The lowest BCUT2D eigenvalue weighted by molar-refractivity contribution is -0.136. The molecule has 1 aliphatic carbocycles. The van der Waals surface area contributed by atoms with E-state index in [1.807, 2.05) is 39.0 Å². The molecule has 2 heterocycles. The average Bonchev–Trinajstić information content (AvgIpc) is 3.46. The van der Waals surface area contributed by atoms with Crippen LogP contribution in [0.4, 0.5) is 13.2 Å². The van der Waals surface area contributed by atoms with E-state index in [-0.39, 0.29) is 41.1 Å². The molecule has 8 heteroatoms. The Labute approximate surface area is 178 Å². The first-order valence-corrected chi connectivity index (χ1v) is 10.4. The van der Waals surface area contributed by atoms with Crippen LogP contribution in [0.15, 0.2) is 24.3 Å². The lowest BCUT2D eigenvalue weighted by atomic mass is 10.0. The van der Waals surface area contributed by atoms with Gasteiger partial charge in [-0.05, 0) is 57.7 Å². The number of aryl methyl sites for hydroxylation is 3. The van der Waals surface area contributed by atoms with Crippen LogP contribution in [0.3, 0.4) is 0 Å². The first kappa shape index (κ1) is 21.3. The maximum Gasteiger partial charge on any atom is 0.417 e. The Balaban J connectivity index is 1.63. The van der Waals surface area contributed by atoms with Gasteiger partial charge in [0.1, 0.15) is 6.54 Å². The number of aromatic nitrogens is 3. The molecule has 1 amide bonds. The van der Waals surface area contributed by atoms with Crippen molar-refractivity contribution in [3.05, 3.63) is 57.9 Å². The van der Waals surface area contributed by atoms with Gasteiger partial charge in [0.25, 0.3) is 0 Å². The van der Waals surface area contributed by atoms with Crippen molar-refractivity contribution < 1.29 is 18.0 Å². The van der Waals surface area contributed by atoms with E-state index in [4.69, 9.17) is 0 Å². The van der Waals surface area contributed by atoms with Crippen LogP contribution in [0.2, 0.25) is 0 Å². The number of hydrogen-bond donors (Lipinski definition) is 1. The summed E-state index contributed by atoms with van der Waals surface area (Å²) >= 11 is 0. The lowest BCUT2D eigenvalue weighted by Crippen LogP contribution is -2.31. The van der Waals surface area contributed by atoms with Crippen LogP contribution >= 0.6 is 0 Å². The summed E-state index contributed by atoms with van der Waals surface area (Å²) in [5.41, 5.74) is 3.22. The quantitative estimate of drug-likeness (QED) is 0.611. The number of alkyl halides is 3. The third-order valence-electron chi connectivity index (χ3n) is 5.76. The molecule has 0 saturated heterocycles. The lowest BCUT2D eigenvalue weighted by Gasteiger charge is -2.17. The maximum absolute atomic E-state index is 13.7. The number of hydrogen-bond acceptors (Lipinski definition) is 3. The number of nitrogens with zero attached hydrogens (tertiary/aromatic N) is 3. The van der Waals surface area contributed by atoms with E-state index >= 15 is 0 Å². The number of rotatable bonds is 5. The molecule has 5 nitrogen and oxygen atoms in total. The molecular formula is C23H25F3N4O. The van der Waals surface area contributed by atoms with Crippen molar-refractivity contribution in [1.82, 2.24) is 20.1 Å². The molecule has 4 rings (SSSR count). The number of nitrogens with one attached hydrogen (secondary N) is 1. The minimum absolute atomic E-state index is 0.0351. The normalized spacial score (nSPS) is 15.3. The maximum atomic E-state index is 13.7. The Bertz CT molecular complexity index is 1160. The van der Waals surface area contributed by atoms with Crippen molar-refractivity contribution in [3.8, 4) is 0 Å². The first-order valence-electron chi connectivity index (χ1n) is 10.4. The zero-order chi connectivity index (χ0) is 22.5. The van der Waals surface area contributed by atoms with Crippen LogP contribution in [-0.4, -0.2) is 20.7 Å². The molecule has 2 aromatic heterocycles. The fourth-order valence-corrected chi connectivity index (χ4v) is 4.11. The molecule has 0 bridgehead atoms. The van der Waals surface area contributed by atoms with Crippen LogP contribution in [0.5, 0.6) is 0 Å². The van der Waals surface area contributed by atoms with E-state index in [9.17, 15) is 18.0 Å². The average molecular weight is 430 g/mol. The summed E-state index contributed by atoms with van der Waals surface area (Å²) in [6.45, 7) is 7.19. The van der Waals surface area contributed by atoms with Crippen molar-refractivity contribution in [2.75, 3.05) is 0 Å². The van der Waals surface area contributed by atoms with Crippen molar-refractivity contribution in [1.29, 1.82) is 0 Å². The van der Waals surface area contributed by atoms with Gasteiger partial charge in [-0.25, -0.2) is 9.67 Å². The number of carbonyl (C=O) groups excluding carboxylic acids is 1. The summed E-state index contributed by atoms with van der Waals surface area (Å²) in [6, 6.07) is 6.90. The van der Waals surface area contributed by atoms with E-state index in [2.05, 4.69) is 15.4 Å². The number of carbonyl (C=O) groups is 1. The monoisotopic (exact) mass is 430 g/mol. The molecule has 1 aromatic carbocycles. The van der Waals surface area contributed by atoms with Gasteiger partial charge in [-0.1, -0.05) is 23.8 Å². The van der Waals surface area contributed by atoms with Gasteiger partial charge in [0.05, 0.1) is 22.7 Å². The van der Waals surface area contributed by atoms with Crippen LogP contribution in [0, 0.1) is 20.8 Å². The molecule has 1 saturated carbocycles. The highest BCUT2D eigenvalue weighted by atomic mass is 19.4. The van der Waals surface area contributed by atoms with Crippen molar-refractivity contribution in [2.45, 2.75) is 65.2 Å². The third kappa shape index (κ3) is 4.29. The van der Waals surface area contributed by atoms with Crippen molar-refractivity contribution >= 4 is 16.9 Å². The van der Waals surface area contributed by atoms with Crippen LogP contribution < -0.4 is 5.32 Å². The van der Waals surface area contributed by atoms with Crippen molar-refractivity contribution in [2.24, 2.45) is 0 Å². The summed E-state index contributed by atoms with van der Waals surface area (Å²) in [5, 5.41) is 7.12. The van der Waals surface area contributed by atoms with E-state index in [0.29, 0.717) is 5.69 Å². The molecule has 1 unspecified atom stereocenters. The molecule has 0 spiro atoms. The topological polar surface area (TPSA) is 59.8 Å².